The maximum atomic E-state index is 13.0. The van der Waals surface area contributed by atoms with Crippen molar-refractivity contribution >= 4 is 17.5 Å². The summed E-state index contributed by atoms with van der Waals surface area (Å²) in [5.41, 5.74) is -2.36. The third-order valence-corrected chi connectivity index (χ3v) is 7.11. The Hall–Kier alpha value is -1.19. The number of fused-ring (bicyclic) bond motifs is 3. The van der Waals surface area contributed by atoms with Gasteiger partial charge < -0.3 is 4.74 Å². The van der Waals surface area contributed by atoms with E-state index in [1.807, 2.05) is 20.8 Å². The van der Waals surface area contributed by atoms with E-state index in [1.165, 1.54) is 6.42 Å². The molecule has 0 radical (unpaired) electrons. The molecule has 128 valence electrons. The van der Waals surface area contributed by atoms with E-state index in [2.05, 4.69) is 0 Å². The van der Waals surface area contributed by atoms with Gasteiger partial charge in [-0.3, -0.25) is 14.4 Å². The Labute approximate surface area is 138 Å². The molecule has 0 aromatic heterocycles. The van der Waals surface area contributed by atoms with Gasteiger partial charge in [-0.05, 0) is 32.1 Å². The maximum Gasteiger partial charge on any atom is 0.310 e. The van der Waals surface area contributed by atoms with E-state index in [0.717, 1.165) is 25.7 Å². The second kappa shape index (κ2) is 5.15. The zero-order valence-electron chi connectivity index (χ0n) is 14.7. The fraction of sp³-hybridized carbons (Fsp3) is 0.842. The topological polar surface area (TPSA) is 60.4 Å². The van der Waals surface area contributed by atoms with Crippen molar-refractivity contribution in [3.63, 3.8) is 0 Å². The summed E-state index contributed by atoms with van der Waals surface area (Å²) in [4.78, 5) is 38.4. The quantitative estimate of drug-likeness (QED) is 0.731. The summed E-state index contributed by atoms with van der Waals surface area (Å²) in [5, 5.41) is 0. The molecule has 4 rings (SSSR count). The average Bonchev–Trinajstić information content (AvgIpc) is 2.49. The molecule has 4 aliphatic carbocycles. The fourth-order valence-electron chi connectivity index (χ4n) is 4.98. The average molecular weight is 320 g/mol. The van der Waals surface area contributed by atoms with E-state index < -0.39 is 22.2 Å². The van der Waals surface area contributed by atoms with Crippen molar-refractivity contribution in [1.29, 1.82) is 0 Å². The number of esters is 1. The van der Waals surface area contributed by atoms with Crippen molar-refractivity contribution in [2.45, 2.75) is 78.7 Å². The highest BCUT2D eigenvalue weighted by molar-refractivity contribution is 6.08. The van der Waals surface area contributed by atoms with Crippen LogP contribution in [-0.2, 0) is 19.1 Å². The molecule has 0 heterocycles. The highest BCUT2D eigenvalue weighted by atomic mass is 16.5. The van der Waals surface area contributed by atoms with Crippen LogP contribution in [0.4, 0.5) is 0 Å². The predicted molar refractivity (Wildman–Crippen MR) is 85.7 cm³/mol. The molecule has 4 nitrogen and oxygen atoms in total. The molecule has 0 unspecified atom stereocenters. The molecule has 4 heteroatoms. The molecular formula is C19H28O4. The van der Waals surface area contributed by atoms with Gasteiger partial charge in [0.05, 0.1) is 5.92 Å². The largest absolute Gasteiger partial charge is 0.462 e. The van der Waals surface area contributed by atoms with Crippen molar-refractivity contribution in [3.05, 3.63) is 0 Å². The Morgan fingerprint density at radius 2 is 1.65 bits per heavy atom. The third kappa shape index (κ3) is 2.20. The number of ketones is 2. The number of rotatable bonds is 2. The Balaban J connectivity index is 1.85. The zero-order valence-corrected chi connectivity index (χ0v) is 14.7. The van der Waals surface area contributed by atoms with Gasteiger partial charge in [0, 0.05) is 22.7 Å². The number of carbonyl (C=O) groups excluding carboxylic acids is 3. The van der Waals surface area contributed by atoms with Crippen LogP contribution in [0.2, 0.25) is 0 Å². The van der Waals surface area contributed by atoms with Crippen molar-refractivity contribution < 1.29 is 19.1 Å². The van der Waals surface area contributed by atoms with Crippen LogP contribution in [0.25, 0.3) is 0 Å². The molecule has 23 heavy (non-hydrogen) atoms. The monoisotopic (exact) mass is 320 g/mol. The van der Waals surface area contributed by atoms with Gasteiger partial charge in [-0.15, -0.1) is 0 Å². The van der Waals surface area contributed by atoms with Crippen LogP contribution < -0.4 is 0 Å². The lowest BCUT2D eigenvalue weighted by Crippen LogP contribution is -2.67. The van der Waals surface area contributed by atoms with E-state index >= 15 is 0 Å². The lowest BCUT2D eigenvalue weighted by Gasteiger charge is -2.59. The number of hydrogen-bond donors (Lipinski definition) is 0. The molecule has 0 aromatic carbocycles. The van der Waals surface area contributed by atoms with Gasteiger partial charge >= 0.3 is 5.97 Å². The molecule has 0 spiro atoms. The molecule has 0 N–H and O–H groups in total. The van der Waals surface area contributed by atoms with Gasteiger partial charge in [-0.1, -0.05) is 34.1 Å². The van der Waals surface area contributed by atoms with Crippen LogP contribution >= 0.6 is 0 Å². The van der Waals surface area contributed by atoms with E-state index in [9.17, 15) is 14.4 Å². The lowest BCUT2D eigenvalue weighted by molar-refractivity contribution is -0.192. The fourth-order valence-corrected chi connectivity index (χ4v) is 4.98. The molecule has 3 atom stereocenters. The molecular weight excluding hydrogens is 292 g/mol. The van der Waals surface area contributed by atoms with E-state index in [1.54, 1.807) is 6.92 Å². The van der Waals surface area contributed by atoms with Gasteiger partial charge in [-0.25, -0.2) is 0 Å². The van der Waals surface area contributed by atoms with Crippen LogP contribution in [-0.4, -0.2) is 23.6 Å². The van der Waals surface area contributed by atoms with Crippen molar-refractivity contribution in [1.82, 2.24) is 0 Å². The highest BCUT2D eigenvalue weighted by Gasteiger charge is 2.70. The minimum Gasteiger partial charge on any atom is -0.462 e. The molecule has 0 aliphatic heterocycles. The number of ether oxygens (including phenoxy) is 1. The number of carbonyl (C=O) groups is 3. The van der Waals surface area contributed by atoms with Crippen LogP contribution in [0.15, 0.2) is 0 Å². The van der Waals surface area contributed by atoms with E-state index in [-0.39, 0.29) is 30.1 Å². The summed E-state index contributed by atoms with van der Waals surface area (Å²) >= 11 is 0. The second-order valence-corrected chi connectivity index (χ2v) is 8.76. The Kier molecular flexibility index (Phi) is 3.73. The highest BCUT2D eigenvalue weighted by Crippen LogP contribution is 2.63. The molecule has 4 aliphatic rings. The predicted octanol–water partition coefficient (Wildman–Crippen LogP) is 3.46. The summed E-state index contributed by atoms with van der Waals surface area (Å²) in [6, 6.07) is 0. The Morgan fingerprint density at radius 3 is 2.26 bits per heavy atom. The maximum absolute atomic E-state index is 13.0. The molecule has 0 saturated heterocycles. The summed E-state index contributed by atoms with van der Waals surface area (Å²) in [6.07, 6.45) is 5.85. The van der Waals surface area contributed by atoms with Gasteiger partial charge in [0.1, 0.15) is 17.7 Å². The molecule has 4 saturated carbocycles. The third-order valence-electron chi connectivity index (χ3n) is 7.11. The van der Waals surface area contributed by atoms with Crippen molar-refractivity contribution in [3.8, 4) is 0 Å². The summed E-state index contributed by atoms with van der Waals surface area (Å²) < 4.78 is 5.74. The summed E-state index contributed by atoms with van der Waals surface area (Å²) in [7, 11) is 0. The Morgan fingerprint density at radius 1 is 1.04 bits per heavy atom. The number of Topliss-reactive ketones (excluding diaryl/α,β-unsaturated/α-hetero) is 2. The van der Waals surface area contributed by atoms with Gasteiger partial charge in [0.25, 0.3) is 0 Å². The zero-order chi connectivity index (χ0) is 17.0. The Bertz CT molecular complexity index is 558. The molecule has 0 aromatic rings. The SMILES string of the molecule is CC1(C)C(=O)[C@@]2(C)CC(=O)[C@]1(C)C[C@@H]2C(=O)OC1CCCCC1. The van der Waals surface area contributed by atoms with Crippen LogP contribution in [0.5, 0.6) is 0 Å². The van der Waals surface area contributed by atoms with Gasteiger partial charge in [0.2, 0.25) is 0 Å². The second-order valence-electron chi connectivity index (χ2n) is 8.76. The van der Waals surface area contributed by atoms with E-state index in [0.29, 0.717) is 6.42 Å². The molecule has 2 bridgehead atoms. The van der Waals surface area contributed by atoms with Crippen LogP contribution in [0.1, 0.15) is 72.6 Å². The molecule has 4 fully saturated rings. The minimum atomic E-state index is -0.899. The van der Waals surface area contributed by atoms with Crippen LogP contribution in [0, 0.1) is 22.2 Å². The normalized spacial score (nSPS) is 40.3. The minimum absolute atomic E-state index is 0.00748. The van der Waals surface area contributed by atoms with Crippen LogP contribution in [0.3, 0.4) is 0 Å². The first-order chi connectivity index (χ1) is 10.6. The van der Waals surface area contributed by atoms with E-state index in [4.69, 9.17) is 4.74 Å². The standard InChI is InChI=1S/C19H28O4/c1-17(2)16(22)18(3)11-14(20)19(17,4)10-13(18)15(21)23-12-8-6-5-7-9-12/h12-13H,5-11H2,1-4H3/t13-,18+,19+/m1/s1. The van der Waals surface area contributed by atoms with Gasteiger partial charge in [0.15, 0.2) is 0 Å². The summed E-state index contributed by atoms with van der Waals surface area (Å²) in [5.74, 6) is -0.579. The smallest absolute Gasteiger partial charge is 0.310 e. The molecule has 0 amide bonds. The number of hydrogen-bond acceptors (Lipinski definition) is 4. The van der Waals surface area contributed by atoms with Gasteiger partial charge in [-0.2, -0.15) is 0 Å². The van der Waals surface area contributed by atoms with Crippen molar-refractivity contribution in [2.75, 3.05) is 0 Å². The first-order valence-corrected chi connectivity index (χ1v) is 8.91. The summed E-state index contributed by atoms with van der Waals surface area (Å²) in [6.45, 7) is 7.36. The lowest BCUT2D eigenvalue weighted by atomic mass is 9.40. The first-order valence-electron chi connectivity index (χ1n) is 8.91. The first kappa shape index (κ1) is 16.7. The van der Waals surface area contributed by atoms with Crippen molar-refractivity contribution in [2.24, 2.45) is 22.2 Å².